The van der Waals surface area contributed by atoms with Gasteiger partial charge in [0.15, 0.2) is 5.78 Å². The summed E-state index contributed by atoms with van der Waals surface area (Å²) in [6, 6.07) is 8.60. The first-order valence-electron chi connectivity index (χ1n) is 8.37. The summed E-state index contributed by atoms with van der Waals surface area (Å²) >= 11 is 0. The van der Waals surface area contributed by atoms with E-state index in [1.54, 1.807) is 47.6 Å². The summed E-state index contributed by atoms with van der Waals surface area (Å²) in [4.78, 5) is 29.6. The van der Waals surface area contributed by atoms with Gasteiger partial charge in [-0.3, -0.25) is 9.59 Å². The van der Waals surface area contributed by atoms with Gasteiger partial charge in [-0.2, -0.15) is 0 Å². The SMILES string of the molecule is CCN(C[C@H]1CCCO1)C(=O)c1ccc(C(=O)c2cc[nH]c2)cc1. The molecule has 1 amide bonds. The zero-order valence-electron chi connectivity index (χ0n) is 13.8. The molecule has 0 spiro atoms. The second-order valence-electron chi connectivity index (χ2n) is 5.98. The molecule has 126 valence electrons. The summed E-state index contributed by atoms with van der Waals surface area (Å²) in [6.45, 7) is 4.02. The zero-order chi connectivity index (χ0) is 16.9. The van der Waals surface area contributed by atoms with Gasteiger partial charge < -0.3 is 14.6 Å². The van der Waals surface area contributed by atoms with Crippen molar-refractivity contribution in [1.29, 1.82) is 0 Å². The number of amides is 1. The molecule has 5 nitrogen and oxygen atoms in total. The fraction of sp³-hybridized carbons (Fsp3) is 0.368. The van der Waals surface area contributed by atoms with Crippen LogP contribution in [0.1, 0.15) is 46.0 Å². The van der Waals surface area contributed by atoms with E-state index in [0.29, 0.717) is 29.8 Å². The van der Waals surface area contributed by atoms with Gasteiger partial charge in [-0.05, 0) is 38.0 Å². The molecule has 0 bridgehead atoms. The number of likely N-dealkylation sites (N-methyl/N-ethyl adjacent to an activating group) is 1. The predicted molar refractivity (Wildman–Crippen MR) is 91.2 cm³/mol. The van der Waals surface area contributed by atoms with Crippen molar-refractivity contribution in [3.63, 3.8) is 0 Å². The highest BCUT2D eigenvalue weighted by Gasteiger charge is 2.22. The van der Waals surface area contributed by atoms with Gasteiger partial charge in [-0.25, -0.2) is 0 Å². The van der Waals surface area contributed by atoms with E-state index in [4.69, 9.17) is 4.74 Å². The van der Waals surface area contributed by atoms with Crippen LogP contribution in [0, 0.1) is 0 Å². The van der Waals surface area contributed by atoms with Crippen LogP contribution in [0.4, 0.5) is 0 Å². The number of ketones is 1. The van der Waals surface area contributed by atoms with Gasteiger partial charge in [0.2, 0.25) is 0 Å². The molecule has 3 rings (SSSR count). The first-order valence-corrected chi connectivity index (χ1v) is 8.37. The maximum absolute atomic E-state index is 12.7. The molecule has 1 aromatic carbocycles. The van der Waals surface area contributed by atoms with Crippen LogP contribution in [0.25, 0.3) is 0 Å². The molecule has 5 heteroatoms. The number of nitrogens with zero attached hydrogens (tertiary/aromatic N) is 1. The maximum Gasteiger partial charge on any atom is 0.253 e. The number of carbonyl (C=O) groups excluding carboxylic acids is 2. The molecule has 1 fully saturated rings. The predicted octanol–water partition coefficient (Wildman–Crippen LogP) is 2.89. The Balaban J connectivity index is 1.69. The Morgan fingerprint density at radius 1 is 1.17 bits per heavy atom. The second-order valence-corrected chi connectivity index (χ2v) is 5.98. The number of hydrogen-bond donors (Lipinski definition) is 1. The topological polar surface area (TPSA) is 62.4 Å². The first-order chi connectivity index (χ1) is 11.7. The molecule has 1 aliphatic heterocycles. The first kappa shape index (κ1) is 16.5. The molecule has 1 atom stereocenters. The van der Waals surface area contributed by atoms with Gasteiger partial charge in [0.25, 0.3) is 5.91 Å². The number of ether oxygens (including phenoxy) is 1. The maximum atomic E-state index is 12.7. The fourth-order valence-corrected chi connectivity index (χ4v) is 2.97. The van der Waals surface area contributed by atoms with Crippen molar-refractivity contribution in [2.45, 2.75) is 25.9 Å². The van der Waals surface area contributed by atoms with Crippen LogP contribution in [0.2, 0.25) is 0 Å². The minimum Gasteiger partial charge on any atom is -0.376 e. The Morgan fingerprint density at radius 2 is 1.92 bits per heavy atom. The van der Waals surface area contributed by atoms with Gasteiger partial charge >= 0.3 is 0 Å². The lowest BCUT2D eigenvalue weighted by Crippen LogP contribution is -2.37. The summed E-state index contributed by atoms with van der Waals surface area (Å²) < 4.78 is 5.62. The van der Waals surface area contributed by atoms with Crippen LogP contribution < -0.4 is 0 Å². The lowest BCUT2D eigenvalue weighted by atomic mass is 10.0. The van der Waals surface area contributed by atoms with Crippen molar-refractivity contribution in [3.8, 4) is 0 Å². The van der Waals surface area contributed by atoms with E-state index >= 15 is 0 Å². The van der Waals surface area contributed by atoms with Crippen molar-refractivity contribution in [2.75, 3.05) is 19.7 Å². The minimum absolute atomic E-state index is 0.0198. The highest BCUT2D eigenvalue weighted by Crippen LogP contribution is 2.16. The van der Waals surface area contributed by atoms with Crippen molar-refractivity contribution in [3.05, 3.63) is 59.4 Å². The summed E-state index contributed by atoms with van der Waals surface area (Å²) in [6.07, 6.45) is 5.60. The Bertz CT molecular complexity index is 686. The molecular formula is C19H22N2O3. The molecule has 0 saturated carbocycles. The standard InChI is InChI=1S/C19H22N2O3/c1-2-21(13-17-4-3-11-24-17)19(23)15-7-5-14(6-8-15)18(22)16-9-10-20-12-16/h5-10,12,17,20H,2-4,11,13H2,1H3/t17-/m1/s1. The number of rotatable bonds is 6. The van der Waals surface area contributed by atoms with Gasteiger partial charge in [0, 0.05) is 48.8 Å². The minimum atomic E-state index is -0.0537. The molecule has 2 heterocycles. The van der Waals surface area contributed by atoms with Gasteiger partial charge in [-0.1, -0.05) is 12.1 Å². The van der Waals surface area contributed by atoms with Crippen LogP contribution >= 0.6 is 0 Å². The molecule has 1 N–H and O–H groups in total. The lowest BCUT2D eigenvalue weighted by molar-refractivity contribution is 0.0539. The second kappa shape index (κ2) is 7.45. The summed E-state index contributed by atoms with van der Waals surface area (Å²) in [5.74, 6) is -0.0735. The third-order valence-electron chi connectivity index (χ3n) is 4.37. The fourth-order valence-electron chi connectivity index (χ4n) is 2.97. The number of aromatic amines is 1. The van der Waals surface area contributed by atoms with Crippen molar-refractivity contribution in [2.24, 2.45) is 0 Å². The van der Waals surface area contributed by atoms with Gasteiger partial charge in [-0.15, -0.1) is 0 Å². The Morgan fingerprint density at radius 3 is 2.50 bits per heavy atom. The molecule has 0 unspecified atom stereocenters. The smallest absolute Gasteiger partial charge is 0.253 e. The average Bonchev–Trinajstić information content (AvgIpc) is 3.32. The highest BCUT2D eigenvalue weighted by atomic mass is 16.5. The molecule has 0 radical (unpaired) electrons. The molecule has 24 heavy (non-hydrogen) atoms. The quantitative estimate of drug-likeness (QED) is 0.830. The molecule has 0 aliphatic carbocycles. The summed E-state index contributed by atoms with van der Waals surface area (Å²) in [5, 5.41) is 0. The third-order valence-corrected chi connectivity index (χ3v) is 4.37. The van der Waals surface area contributed by atoms with E-state index in [0.717, 1.165) is 19.4 Å². The molecule has 1 aromatic heterocycles. The Hall–Kier alpha value is -2.40. The normalized spacial score (nSPS) is 17.0. The molecule has 1 aliphatic rings. The van der Waals surface area contributed by atoms with Crippen molar-refractivity contribution in [1.82, 2.24) is 9.88 Å². The summed E-state index contributed by atoms with van der Waals surface area (Å²) in [5.41, 5.74) is 1.79. The van der Waals surface area contributed by atoms with Crippen LogP contribution in [0.15, 0.2) is 42.7 Å². The number of aromatic nitrogens is 1. The summed E-state index contributed by atoms with van der Waals surface area (Å²) in [7, 11) is 0. The zero-order valence-corrected chi connectivity index (χ0v) is 13.8. The molecular weight excluding hydrogens is 304 g/mol. The van der Waals surface area contributed by atoms with E-state index < -0.39 is 0 Å². The van der Waals surface area contributed by atoms with Gasteiger partial charge in [0.1, 0.15) is 0 Å². The van der Waals surface area contributed by atoms with E-state index in [2.05, 4.69) is 4.98 Å². The number of nitrogens with one attached hydrogen (secondary N) is 1. The number of H-pyrrole nitrogens is 1. The van der Waals surface area contributed by atoms with Crippen LogP contribution in [-0.2, 0) is 4.74 Å². The Labute approximate surface area is 141 Å². The van der Waals surface area contributed by atoms with Crippen molar-refractivity contribution < 1.29 is 14.3 Å². The van der Waals surface area contributed by atoms with E-state index in [9.17, 15) is 9.59 Å². The lowest BCUT2D eigenvalue weighted by Gasteiger charge is -2.24. The third kappa shape index (κ3) is 3.57. The molecule has 2 aromatic rings. The highest BCUT2D eigenvalue weighted by molar-refractivity contribution is 6.09. The largest absolute Gasteiger partial charge is 0.376 e. The average molecular weight is 326 g/mol. The van der Waals surface area contributed by atoms with Crippen LogP contribution in [-0.4, -0.2) is 47.4 Å². The van der Waals surface area contributed by atoms with Crippen molar-refractivity contribution >= 4 is 11.7 Å². The van der Waals surface area contributed by atoms with E-state index in [-0.39, 0.29) is 17.8 Å². The van der Waals surface area contributed by atoms with Crippen LogP contribution in [0.3, 0.4) is 0 Å². The van der Waals surface area contributed by atoms with Crippen LogP contribution in [0.5, 0.6) is 0 Å². The monoisotopic (exact) mass is 326 g/mol. The van der Waals surface area contributed by atoms with Gasteiger partial charge in [0.05, 0.1) is 6.10 Å². The Kier molecular flexibility index (Phi) is 5.11. The van der Waals surface area contributed by atoms with E-state index in [1.807, 2.05) is 6.92 Å². The number of benzene rings is 1. The number of hydrogen-bond acceptors (Lipinski definition) is 3. The number of carbonyl (C=O) groups is 2. The van der Waals surface area contributed by atoms with E-state index in [1.165, 1.54) is 0 Å². The molecule has 1 saturated heterocycles.